The van der Waals surface area contributed by atoms with Gasteiger partial charge in [0.25, 0.3) is 0 Å². The van der Waals surface area contributed by atoms with E-state index in [0.717, 1.165) is 0 Å². The van der Waals surface area contributed by atoms with Crippen LogP contribution in [0.25, 0.3) is 0 Å². The molecule has 0 N–H and O–H groups in total. The second-order valence-corrected chi connectivity index (χ2v) is 2.92. The molecule has 0 amide bonds. The smallest absolute Gasteiger partial charge is 0.163 e. The van der Waals surface area contributed by atoms with Gasteiger partial charge in [-0.15, -0.1) is 0 Å². The molecular formula is C9H7ClFNO. The maximum atomic E-state index is 13.2. The van der Waals surface area contributed by atoms with E-state index in [2.05, 4.69) is 0 Å². The van der Waals surface area contributed by atoms with Crippen LogP contribution in [0.1, 0.15) is 11.1 Å². The topological polar surface area (TPSA) is 33.0 Å². The lowest BCUT2D eigenvalue weighted by Gasteiger charge is -2.07. The number of rotatable bonds is 1. The summed E-state index contributed by atoms with van der Waals surface area (Å²) in [4.78, 5) is 0. The molecule has 0 saturated carbocycles. The minimum Gasteiger partial charge on any atom is -0.495 e. The van der Waals surface area contributed by atoms with Crippen LogP contribution < -0.4 is 4.74 Å². The molecule has 0 heterocycles. The van der Waals surface area contributed by atoms with Crippen LogP contribution in [0.15, 0.2) is 6.07 Å². The van der Waals surface area contributed by atoms with Gasteiger partial charge in [0.05, 0.1) is 12.1 Å². The van der Waals surface area contributed by atoms with Crippen LogP contribution in [-0.2, 0) is 0 Å². The highest BCUT2D eigenvalue weighted by atomic mass is 35.5. The van der Waals surface area contributed by atoms with E-state index in [9.17, 15) is 4.39 Å². The highest BCUT2D eigenvalue weighted by molar-refractivity contribution is 6.31. The number of benzene rings is 1. The number of hydrogen-bond acceptors (Lipinski definition) is 2. The van der Waals surface area contributed by atoms with E-state index >= 15 is 0 Å². The zero-order valence-electron chi connectivity index (χ0n) is 7.19. The molecule has 68 valence electrons. The monoisotopic (exact) mass is 199 g/mol. The molecule has 0 bridgehead atoms. The summed E-state index contributed by atoms with van der Waals surface area (Å²) < 4.78 is 18.1. The van der Waals surface area contributed by atoms with E-state index in [1.165, 1.54) is 13.2 Å². The van der Waals surface area contributed by atoms with Crippen LogP contribution in [0.5, 0.6) is 5.75 Å². The van der Waals surface area contributed by atoms with E-state index in [1.807, 2.05) is 0 Å². The standard InChI is InChI=1S/C9H7ClFNO/c1-5-3-7(10)8(11)6(4-12)9(5)13-2/h3H,1-2H3. The number of nitrogens with zero attached hydrogens (tertiary/aromatic N) is 1. The summed E-state index contributed by atoms with van der Waals surface area (Å²) in [6.45, 7) is 1.70. The second-order valence-electron chi connectivity index (χ2n) is 2.51. The molecule has 0 radical (unpaired) electrons. The predicted octanol–water partition coefficient (Wildman–Crippen LogP) is 2.67. The third-order valence-electron chi connectivity index (χ3n) is 1.67. The molecule has 0 unspecified atom stereocenters. The Labute approximate surface area is 80.5 Å². The fourth-order valence-electron chi connectivity index (χ4n) is 1.10. The van der Waals surface area contributed by atoms with Gasteiger partial charge in [-0.05, 0) is 18.6 Å². The minimum absolute atomic E-state index is 0.0603. The van der Waals surface area contributed by atoms with Gasteiger partial charge in [0.15, 0.2) is 5.82 Å². The van der Waals surface area contributed by atoms with Crippen molar-refractivity contribution in [2.45, 2.75) is 6.92 Å². The maximum absolute atomic E-state index is 13.2. The molecule has 1 aromatic carbocycles. The van der Waals surface area contributed by atoms with Gasteiger partial charge in [-0.25, -0.2) is 4.39 Å². The Morgan fingerprint density at radius 3 is 2.69 bits per heavy atom. The highest BCUT2D eigenvalue weighted by Crippen LogP contribution is 2.30. The summed E-state index contributed by atoms with van der Waals surface area (Å²) in [5.41, 5.74) is 0.498. The number of nitriles is 1. The van der Waals surface area contributed by atoms with Gasteiger partial charge < -0.3 is 4.74 Å². The molecular weight excluding hydrogens is 193 g/mol. The Morgan fingerprint density at radius 2 is 2.23 bits per heavy atom. The number of aryl methyl sites for hydroxylation is 1. The van der Waals surface area contributed by atoms with Crippen LogP contribution in [0.3, 0.4) is 0 Å². The zero-order valence-corrected chi connectivity index (χ0v) is 7.94. The maximum Gasteiger partial charge on any atom is 0.163 e. The summed E-state index contributed by atoms with van der Waals surface area (Å²) in [6.07, 6.45) is 0. The van der Waals surface area contributed by atoms with Crippen molar-refractivity contribution in [3.63, 3.8) is 0 Å². The number of hydrogen-bond donors (Lipinski definition) is 0. The van der Waals surface area contributed by atoms with E-state index in [4.69, 9.17) is 21.6 Å². The summed E-state index contributed by atoms with van der Waals surface area (Å²) in [6, 6.07) is 3.14. The minimum atomic E-state index is -0.730. The molecule has 0 fully saturated rings. The fraction of sp³-hybridized carbons (Fsp3) is 0.222. The summed E-state index contributed by atoms with van der Waals surface area (Å²) in [5.74, 6) is -0.490. The first-order chi connectivity index (χ1) is 6.11. The van der Waals surface area contributed by atoms with Crippen molar-refractivity contribution in [3.8, 4) is 11.8 Å². The molecule has 1 rings (SSSR count). The van der Waals surface area contributed by atoms with Gasteiger partial charge in [-0.3, -0.25) is 0 Å². The van der Waals surface area contributed by atoms with Crippen molar-refractivity contribution in [3.05, 3.63) is 28.0 Å². The molecule has 1 aromatic rings. The normalized spacial score (nSPS) is 9.46. The molecule has 0 atom stereocenters. The van der Waals surface area contributed by atoms with Crippen molar-refractivity contribution in [2.24, 2.45) is 0 Å². The zero-order chi connectivity index (χ0) is 10.0. The Balaban J connectivity index is 3.53. The average Bonchev–Trinajstić information content (AvgIpc) is 2.10. The Bertz CT molecular complexity index is 384. The largest absolute Gasteiger partial charge is 0.495 e. The summed E-state index contributed by atoms with van der Waals surface area (Å²) in [7, 11) is 1.39. The Kier molecular flexibility index (Phi) is 2.74. The first-order valence-electron chi connectivity index (χ1n) is 3.54. The second kappa shape index (κ2) is 3.63. The van der Waals surface area contributed by atoms with Crippen molar-refractivity contribution < 1.29 is 9.13 Å². The molecule has 0 aliphatic rings. The van der Waals surface area contributed by atoms with E-state index < -0.39 is 5.82 Å². The van der Waals surface area contributed by atoms with Gasteiger partial charge >= 0.3 is 0 Å². The van der Waals surface area contributed by atoms with Gasteiger partial charge in [0.2, 0.25) is 0 Å². The van der Waals surface area contributed by atoms with Crippen LogP contribution >= 0.6 is 11.6 Å². The lowest BCUT2D eigenvalue weighted by molar-refractivity contribution is 0.406. The van der Waals surface area contributed by atoms with Crippen LogP contribution in [0.4, 0.5) is 4.39 Å². The number of halogens is 2. The van der Waals surface area contributed by atoms with Gasteiger partial charge in [0.1, 0.15) is 17.4 Å². The van der Waals surface area contributed by atoms with Crippen LogP contribution in [-0.4, -0.2) is 7.11 Å². The van der Waals surface area contributed by atoms with Crippen molar-refractivity contribution in [1.82, 2.24) is 0 Å². The number of methoxy groups -OCH3 is 1. The van der Waals surface area contributed by atoms with Crippen LogP contribution in [0, 0.1) is 24.1 Å². The molecule has 13 heavy (non-hydrogen) atoms. The highest BCUT2D eigenvalue weighted by Gasteiger charge is 2.15. The Morgan fingerprint density at radius 1 is 1.62 bits per heavy atom. The lowest BCUT2D eigenvalue weighted by atomic mass is 10.1. The van der Waals surface area contributed by atoms with E-state index in [0.29, 0.717) is 5.56 Å². The van der Waals surface area contributed by atoms with E-state index in [-0.39, 0.29) is 16.3 Å². The molecule has 0 aliphatic carbocycles. The first kappa shape index (κ1) is 9.82. The van der Waals surface area contributed by atoms with Crippen molar-refractivity contribution in [1.29, 1.82) is 5.26 Å². The molecule has 0 saturated heterocycles. The predicted molar refractivity (Wildman–Crippen MR) is 47.4 cm³/mol. The van der Waals surface area contributed by atoms with Gasteiger partial charge in [0, 0.05) is 0 Å². The third-order valence-corrected chi connectivity index (χ3v) is 1.95. The third kappa shape index (κ3) is 1.58. The van der Waals surface area contributed by atoms with Gasteiger partial charge in [-0.1, -0.05) is 11.6 Å². The Hall–Kier alpha value is -1.27. The SMILES string of the molecule is COc1c(C)cc(Cl)c(F)c1C#N. The average molecular weight is 200 g/mol. The molecule has 2 nitrogen and oxygen atoms in total. The van der Waals surface area contributed by atoms with Crippen molar-refractivity contribution >= 4 is 11.6 Å². The van der Waals surface area contributed by atoms with Crippen LogP contribution in [0.2, 0.25) is 5.02 Å². The molecule has 4 heteroatoms. The fourth-order valence-corrected chi connectivity index (χ4v) is 1.36. The molecule has 0 spiro atoms. The first-order valence-corrected chi connectivity index (χ1v) is 3.92. The quantitative estimate of drug-likeness (QED) is 0.697. The summed E-state index contributed by atoms with van der Waals surface area (Å²) >= 11 is 5.55. The van der Waals surface area contributed by atoms with Crippen molar-refractivity contribution in [2.75, 3.05) is 7.11 Å². The lowest BCUT2D eigenvalue weighted by Crippen LogP contribution is -1.95. The summed E-state index contributed by atoms with van der Waals surface area (Å²) in [5, 5.41) is 8.59. The molecule has 0 aliphatic heterocycles. The number of ether oxygens (including phenoxy) is 1. The van der Waals surface area contributed by atoms with Gasteiger partial charge in [-0.2, -0.15) is 5.26 Å². The van der Waals surface area contributed by atoms with E-state index in [1.54, 1.807) is 13.0 Å². The molecule has 0 aromatic heterocycles.